The monoisotopic (exact) mass is 277 g/mol. The molecule has 0 aliphatic carbocycles. The van der Waals surface area contributed by atoms with Gasteiger partial charge in [-0.2, -0.15) is 0 Å². The van der Waals surface area contributed by atoms with Gasteiger partial charge in [-0.05, 0) is 37.0 Å². The second-order valence-electron chi connectivity index (χ2n) is 5.11. The second kappa shape index (κ2) is 7.14. The van der Waals surface area contributed by atoms with Gasteiger partial charge in [-0.15, -0.1) is 0 Å². The number of nitrogen functional groups attached to an aromatic ring is 1. The molecular formula is C15H23N3O2. The summed E-state index contributed by atoms with van der Waals surface area (Å²) in [5.74, 6) is 0.0522. The number of hydrogen-bond acceptors (Lipinski definition) is 4. The summed E-state index contributed by atoms with van der Waals surface area (Å²) in [5, 5.41) is 2.92. The Labute approximate surface area is 120 Å². The lowest BCUT2D eigenvalue weighted by Crippen LogP contribution is -2.40. The van der Waals surface area contributed by atoms with Crippen molar-refractivity contribution in [3.05, 3.63) is 23.8 Å². The van der Waals surface area contributed by atoms with Crippen LogP contribution in [-0.4, -0.2) is 39.3 Å². The Hall–Kier alpha value is -1.75. The van der Waals surface area contributed by atoms with Gasteiger partial charge in [-0.1, -0.05) is 6.07 Å². The average Bonchev–Trinajstić information content (AvgIpc) is 2.44. The molecule has 1 aliphatic rings. The number of hydrogen-bond donors (Lipinski definition) is 2. The number of aryl methyl sites for hydroxylation is 1. The zero-order chi connectivity index (χ0) is 14.4. The molecule has 3 N–H and O–H groups in total. The predicted molar refractivity (Wildman–Crippen MR) is 80.9 cm³/mol. The van der Waals surface area contributed by atoms with Crippen molar-refractivity contribution in [2.24, 2.45) is 0 Å². The Morgan fingerprint density at radius 3 is 3.15 bits per heavy atom. The van der Waals surface area contributed by atoms with E-state index in [0.717, 1.165) is 37.2 Å². The zero-order valence-electron chi connectivity index (χ0n) is 12.0. The third-order valence-electron chi connectivity index (χ3n) is 3.51. The normalized spacial score (nSPS) is 13.9. The van der Waals surface area contributed by atoms with Crippen molar-refractivity contribution in [3.8, 4) is 0 Å². The molecule has 0 fully saturated rings. The number of rotatable bonds is 6. The molecule has 20 heavy (non-hydrogen) atoms. The van der Waals surface area contributed by atoms with Crippen LogP contribution in [0.4, 0.5) is 11.4 Å². The van der Waals surface area contributed by atoms with E-state index in [9.17, 15) is 4.79 Å². The average molecular weight is 277 g/mol. The molecule has 0 radical (unpaired) electrons. The summed E-state index contributed by atoms with van der Waals surface area (Å²) in [6.45, 7) is 2.62. The highest BCUT2D eigenvalue weighted by Gasteiger charge is 2.19. The highest BCUT2D eigenvalue weighted by Crippen LogP contribution is 2.28. The number of nitrogens with zero attached hydrogens (tertiary/aromatic N) is 1. The van der Waals surface area contributed by atoms with E-state index in [2.05, 4.69) is 16.3 Å². The fourth-order valence-corrected chi connectivity index (χ4v) is 2.51. The van der Waals surface area contributed by atoms with E-state index in [1.807, 2.05) is 12.1 Å². The first-order chi connectivity index (χ1) is 9.70. The minimum absolute atomic E-state index is 0.0522. The maximum atomic E-state index is 11.9. The molecule has 5 heteroatoms. The molecule has 1 aromatic rings. The summed E-state index contributed by atoms with van der Waals surface area (Å²) < 4.78 is 4.96. The third-order valence-corrected chi connectivity index (χ3v) is 3.51. The Bertz CT molecular complexity index is 462. The minimum atomic E-state index is 0.0522. The molecule has 0 spiro atoms. The van der Waals surface area contributed by atoms with E-state index in [4.69, 9.17) is 10.5 Å². The van der Waals surface area contributed by atoms with E-state index in [1.54, 1.807) is 7.11 Å². The number of carbonyl (C=O) groups excluding carboxylic acids is 1. The van der Waals surface area contributed by atoms with Gasteiger partial charge in [0.25, 0.3) is 0 Å². The van der Waals surface area contributed by atoms with E-state index in [1.165, 1.54) is 5.56 Å². The zero-order valence-corrected chi connectivity index (χ0v) is 12.0. The molecule has 1 aliphatic heterocycles. The summed E-state index contributed by atoms with van der Waals surface area (Å²) in [7, 11) is 1.66. The molecule has 0 bridgehead atoms. The van der Waals surface area contributed by atoms with Crippen molar-refractivity contribution in [1.82, 2.24) is 5.32 Å². The Morgan fingerprint density at radius 2 is 2.35 bits per heavy atom. The van der Waals surface area contributed by atoms with Gasteiger partial charge in [0.15, 0.2) is 0 Å². The van der Waals surface area contributed by atoms with Crippen molar-refractivity contribution >= 4 is 17.3 Å². The van der Waals surface area contributed by atoms with Gasteiger partial charge in [0, 0.05) is 38.2 Å². The van der Waals surface area contributed by atoms with Crippen molar-refractivity contribution in [3.63, 3.8) is 0 Å². The van der Waals surface area contributed by atoms with Gasteiger partial charge in [0.05, 0.1) is 6.54 Å². The fourth-order valence-electron chi connectivity index (χ4n) is 2.51. The Kier molecular flexibility index (Phi) is 5.24. The first-order valence-electron chi connectivity index (χ1n) is 7.09. The molecule has 1 amide bonds. The van der Waals surface area contributed by atoms with Crippen molar-refractivity contribution in [1.29, 1.82) is 0 Å². The van der Waals surface area contributed by atoms with Crippen molar-refractivity contribution in [2.75, 3.05) is 44.0 Å². The maximum Gasteiger partial charge on any atom is 0.239 e. The van der Waals surface area contributed by atoms with E-state index in [-0.39, 0.29) is 5.91 Å². The van der Waals surface area contributed by atoms with Gasteiger partial charge in [0.2, 0.25) is 5.91 Å². The van der Waals surface area contributed by atoms with Crippen LogP contribution in [0.25, 0.3) is 0 Å². The molecule has 1 heterocycles. The number of ether oxygens (including phenoxy) is 1. The summed E-state index contributed by atoms with van der Waals surface area (Å²) in [6, 6.07) is 5.95. The van der Waals surface area contributed by atoms with Crippen LogP contribution in [0.2, 0.25) is 0 Å². The van der Waals surface area contributed by atoms with Gasteiger partial charge < -0.3 is 20.7 Å². The topological polar surface area (TPSA) is 67.6 Å². The second-order valence-corrected chi connectivity index (χ2v) is 5.11. The van der Waals surface area contributed by atoms with Crippen LogP contribution in [0.15, 0.2) is 18.2 Å². The third kappa shape index (κ3) is 3.87. The molecular weight excluding hydrogens is 254 g/mol. The summed E-state index contributed by atoms with van der Waals surface area (Å²) in [5.41, 5.74) is 8.97. The van der Waals surface area contributed by atoms with Crippen LogP contribution in [0.3, 0.4) is 0 Å². The number of fused-ring (bicyclic) bond motifs is 1. The standard InChI is InChI=1S/C15H23N3O2/c1-20-9-3-7-17-15(19)11-18-8-2-4-12-5-6-13(16)10-14(12)18/h5-6,10H,2-4,7-9,11,16H2,1H3,(H,17,19). The van der Waals surface area contributed by atoms with Crippen LogP contribution in [0.5, 0.6) is 0 Å². The Balaban J connectivity index is 1.91. The molecule has 2 rings (SSSR count). The molecule has 5 nitrogen and oxygen atoms in total. The van der Waals surface area contributed by atoms with Crippen LogP contribution >= 0.6 is 0 Å². The summed E-state index contributed by atoms with van der Waals surface area (Å²) >= 11 is 0. The number of nitrogens with two attached hydrogens (primary N) is 1. The SMILES string of the molecule is COCCCNC(=O)CN1CCCc2ccc(N)cc21. The van der Waals surface area contributed by atoms with Gasteiger partial charge in [-0.3, -0.25) is 4.79 Å². The maximum absolute atomic E-state index is 11.9. The number of carbonyl (C=O) groups is 1. The first kappa shape index (κ1) is 14.7. The van der Waals surface area contributed by atoms with Crippen molar-refractivity contribution in [2.45, 2.75) is 19.3 Å². The van der Waals surface area contributed by atoms with Crippen LogP contribution in [-0.2, 0) is 16.0 Å². The lowest BCUT2D eigenvalue weighted by molar-refractivity contribution is -0.119. The lowest BCUT2D eigenvalue weighted by Gasteiger charge is -2.31. The smallest absolute Gasteiger partial charge is 0.239 e. The highest BCUT2D eigenvalue weighted by molar-refractivity contribution is 5.82. The molecule has 1 aromatic carbocycles. The van der Waals surface area contributed by atoms with E-state index < -0.39 is 0 Å². The van der Waals surface area contributed by atoms with E-state index >= 15 is 0 Å². The number of methoxy groups -OCH3 is 1. The van der Waals surface area contributed by atoms with Crippen LogP contribution in [0, 0.1) is 0 Å². The molecule has 0 saturated heterocycles. The quantitative estimate of drug-likeness (QED) is 0.605. The number of amides is 1. The minimum Gasteiger partial charge on any atom is -0.399 e. The van der Waals surface area contributed by atoms with Crippen LogP contribution in [0.1, 0.15) is 18.4 Å². The lowest BCUT2D eigenvalue weighted by atomic mass is 10.0. The van der Waals surface area contributed by atoms with Crippen LogP contribution < -0.4 is 16.0 Å². The molecule has 0 atom stereocenters. The number of benzene rings is 1. The summed E-state index contributed by atoms with van der Waals surface area (Å²) in [4.78, 5) is 14.1. The number of anilines is 2. The molecule has 0 saturated carbocycles. The first-order valence-corrected chi connectivity index (χ1v) is 7.09. The molecule has 110 valence electrons. The van der Waals surface area contributed by atoms with Gasteiger partial charge >= 0.3 is 0 Å². The van der Waals surface area contributed by atoms with E-state index in [0.29, 0.717) is 19.7 Å². The van der Waals surface area contributed by atoms with Gasteiger partial charge in [0.1, 0.15) is 0 Å². The summed E-state index contributed by atoms with van der Waals surface area (Å²) in [6.07, 6.45) is 2.97. The van der Waals surface area contributed by atoms with Crippen molar-refractivity contribution < 1.29 is 9.53 Å². The predicted octanol–water partition coefficient (Wildman–Crippen LogP) is 1.17. The van der Waals surface area contributed by atoms with Gasteiger partial charge in [-0.25, -0.2) is 0 Å². The molecule has 0 unspecified atom stereocenters. The fraction of sp³-hybridized carbons (Fsp3) is 0.533. The highest BCUT2D eigenvalue weighted by atomic mass is 16.5. The Morgan fingerprint density at radius 1 is 1.50 bits per heavy atom. The number of nitrogens with one attached hydrogen (secondary N) is 1. The molecule has 0 aromatic heterocycles. The largest absolute Gasteiger partial charge is 0.399 e.